The van der Waals surface area contributed by atoms with Crippen molar-refractivity contribution in [2.75, 3.05) is 0 Å². The van der Waals surface area contributed by atoms with Crippen LogP contribution in [0.1, 0.15) is 0 Å². The van der Waals surface area contributed by atoms with Crippen LogP contribution in [-0.4, -0.2) is 16.9 Å². The SMILES string of the molecule is O=C1N=C(Cl)N=C2C=C(Cl)C(F)=CC12. The first-order chi connectivity index (χ1) is 6.58. The predicted molar refractivity (Wildman–Crippen MR) is 52.3 cm³/mol. The van der Waals surface area contributed by atoms with Crippen molar-refractivity contribution in [3.8, 4) is 0 Å². The molecular formula is C8H3Cl2FN2O. The van der Waals surface area contributed by atoms with Gasteiger partial charge in [-0.3, -0.25) is 4.79 Å². The van der Waals surface area contributed by atoms with Crippen molar-refractivity contribution in [2.45, 2.75) is 0 Å². The number of carbonyl (C=O) groups excluding carboxylic acids is 1. The minimum absolute atomic E-state index is 0.0841. The maximum atomic E-state index is 13.0. The van der Waals surface area contributed by atoms with Crippen molar-refractivity contribution in [1.29, 1.82) is 0 Å². The van der Waals surface area contributed by atoms with Crippen LogP contribution in [0.3, 0.4) is 0 Å². The molecule has 1 aliphatic carbocycles. The van der Waals surface area contributed by atoms with Gasteiger partial charge in [-0.25, -0.2) is 9.38 Å². The molecule has 0 fully saturated rings. The smallest absolute Gasteiger partial charge is 0.261 e. The Hall–Kier alpha value is -1.00. The van der Waals surface area contributed by atoms with Crippen molar-refractivity contribution in [3.63, 3.8) is 0 Å². The number of hydrogen-bond donors (Lipinski definition) is 0. The number of allylic oxidation sites excluding steroid dienone is 3. The lowest BCUT2D eigenvalue weighted by atomic mass is 9.96. The minimum atomic E-state index is -0.792. The quantitative estimate of drug-likeness (QED) is 0.591. The third kappa shape index (κ3) is 1.51. The van der Waals surface area contributed by atoms with Crippen molar-refractivity contribution in [3.05, 3.63) is 23.0 Å². The fourth-order valence-corrected chi connectivity index (χ4v) is 1.55. The summed E-state index contributed by atoms with van der Waals surface area (Å²) in [6, 6.07) is 0. The van der Waals surface area contributed by atoms with Gasteiger partial charge < -0.3 is 0 Å². The molecule has 1 unspecified atom stereocenters. The van der Waals surface area contributed by atoms with Gasteiger partial charge in [-0.05, 0) is 23.8 Å². The van der Waals surface area contributed by atoms with Gasteiger partial charge in [0.2, 0.25) is 5.29 Å². The fraction of sp³-hybridized carbons (Fsp3) is 0.125. The number of hydrogen-bond acceptors (Lipinski definition) is 2. The highest BCUT2D eigenvalue weighted by Crippen LogP contribution is 2.27. The third-order valence-electron chi connectivity index (χ3n) is 1.82. The molecule has 2 rings (SSSR count). The van der Waals surface area contributed by atoms with Gasteiger partial charge in [-0.15, -0.1) is 0 Å². The molecule has 1 heterocycles. The first-order valence-electron chi connectivity index (χ1n) is 3.69. The number of halogens is 3. The van der Waals surface area contributed by atoms with E-state index in [-0.39, 0.29) is 10.3 Å². The lowest BCUT2D eigenvalue weighted by Crippen LogP contribution is -2.26. The van der Waals surface area contributed by atoms with Gasteiger partial charge in [0, 0.05) is 0 Å². The van der Waals surface area contributed by atoms with Crippen LogP contribution in [-0.2, 0) is 4.79 Å². The molecule has 0 radical (unpaired) electrons. The summed E-state index contributed by atoms with van der Waals surface area (Å²) < 4.78 is 13.0. The van der Waals surface area contributed by atoms with E-state index in [0.29, 0.717) is 5.71 Å². The zero-order chi connectivity index (χ0) is 10.3. The largest absolute Gasteiger partial charge is 0.271 e. The van der Waals surface area contributed by atoms with Gasteiger partial charge in [0.15, 0.2) is 0 Å². The number of rotatable bonds is 0. The summed E-state index contributed by atoms with van der Waals surface area (Å²) >= 11 is 11.0. The van der Waals surface area contributed by atoms with E-state index < -0.39 is 17.7 Å². The molecule has 1 aliphatic heterocycles. The van der Waals surface area contributed by atoms with E-state index >= 15 is 0 Å². The first kappa shape index (κ1) is 9.55. The fourth-order valence-electron chi connectivity index (χ4n) is 1.19. The molecule has 0 aromatic heterocycles. The summed E-state index contributed by atoms with van der Waals surface area (Å²) in [5.41, 5.74) is 0.321. The highest BCUT2D eigenvalue weighted by molar-refractivity contribution is 6.67. The maximum absolute atomic E-state index is 13.0. The van der Waals surface area contributed by atoms with E-state index in [1.807, 2.05) is 0 Å². The minimum Gasteiger partial charge on any atom is -0.271 e. The molecule has 0 saturated heterocycles. The molecule has 0 saturated carbocycles. The molecule has 1 amide bonds. The van der Waals surface area contributed by atoms with Crippen LogP contribution in [0.4, 0.5) is 4.39 Å². The second kappa shape index (κ2) is 3.29. The Balaban J connectivity index is 2.49. The van der Waals surface area contributed by atoms with Gasteiger partial charge in [-0.1, -0.05) is 11.6 Å². The summed E-state index contributed by atoms with van der Waals surface area (Å²) in [6.07, 6.45) is 2.35. The molecule has 3 nitrogen and oxygen atoms in total. The Kier molecular flexibility index (Phi) is 2.25. The number of amides is 1. The molecule has 0 N–H and O–H groups in total. The zero-order valence-corrected chi connectivity index (χ0v) is 8.18. The van der Waals surface area contributed by atoms with E-state index in [9.17, 15) is 9.18 Å². The molecule has 72 valence electrons. The lowest BCUT2D eigenvalue weighted by Gasteiger charge is -2.17. The van der Waals surface area contributed by atoms with E-state index in [1.165, 1.54) is 6.08 Å². The number of nitrogens with zero attached hydrogens (tertiary/aromatic N) is 2. The molecule has 2 aliphatic rings. The van der Waals surface area contributed by atoms with Crippen molar-refractivity contribution < 1.29 is 9.18 Å². The number of aliphatic imine (C=N–C) groups is 2. The lowest BCUT2D eigenvalue weighted by molar-refractivity contribution is -0.118. The van der Waals surface area contributed by atoms with Crippen molar-refractivity contribution in [1.82, 2.24) is 0 Å². The van der Waals surface area contributed by atoms with E-state index in [4.69, 9.17) is 23.2 Å². The molecule has 0 aromatic rings. The zero-order valence-electron chi connectivity index (χ0n) is 6.67. The highest BCUT2D eigenvalue weighted by atomic mass is 35.5. The molecular weight excluding hydrogens is 230 g/mol. The molecule has 0 spiro atoms. The number of carbonyl (C=O) groups is 1. The molecule has 6 heteroatoms. The van der Waals surface area contributed by atoms with Crippen LogP contribution >= 0.6 is 23.2 Å². The second-order valence-corrected chi connectivity index (χ2v) is 3.49. The van der Waals surface area contributed by atoms with Crippen LogP contribution in [0.25, 0.3) is 0 Å². The normalized spacial score (nSPS) is 25.9. The monoisotopic (exact) mass is 232 g/mol. The molecule has 14 heavy (non-hydrogen) atoms. The Morgan fingerprint density at radius 2 is 2.07 bits per heavy atom. The number of fused-ring (bicyclic) bond motifs is 1. The summed E-state index contributed by atoms with van der Waals surface area (Å²) in [4.78, 5) is 18.4. The van der Waals surface area contributed by atoms with Crippen LogP contribution in [0.2, 0.25) is 0 Å². The molecule has 1 atom stereocenters. The van der Waals surface area contributed by atoms with Gasteiger partial charge in [0.25, 0.3) is 5.91 Å². The van der Waals surface area contributed by atoms with E-state index in [2.05, 4.69) is 9.98 Å². The Bertz CT molecular complexity index is 437. The average Bonchev–Trinajstić information content (AvgIpc) is 2.08. The van der Waals surface area contributed by atoms with Crippen molar-refractivity contribution in [2.24, 2.45) is 15.9 Å². The van der Waals surface area contributed by atoms with Crippen LogP contribution in [0.15, 0.2) is 33.0 Å². The predicted octanol–water partition coefficient (Wildman–Crippen LogP) is 2.17. The average molecular weight is 233 g/mol. The molecule has 0 aromatic carbocycles. The van der Waals surface area contributed by atoms with E-state index in [0.717, 1.165) is 6.08 Å². The van der Waals surface area contributed by atoms with Crippen LogP contribution in [0.5, 0.6) is 0 Å². The molecule has 0 bridgehead atoms. The van der Waals surface area contributed by atoms with Crippen LogP contribution < -0.4 is 0 Å². The second-order valence-electron chi connectivity index (χ2n) is 2.74. The Labute approximate surface area is 88.6 Å². The van der Waals surface area contributed by atoms with Gasteiger partial charge in [0.05, 0.1) is 10.7 Å². The van der Waals surface area contributed by atoms with Crippen LogP contribution in [0, 0.1) is 5.92 Å². The van der Waals surface area contributed by atoms with Gasteiger partial charge >= 0.3 is 0 Å². The highest BCUT2D eigenvalue weighted by Gasteiger charge is 2.29. The number of amidine groups is 1. The standard InChI is InChI=1S/C8H3Cl2FN2O/c9-4-2-6-3(1-5(4)11)7(14)13-8(10)12-6/h1-3H. The maximum Gasteiger partial charge on any atom is 0.261 e. The first-order valence-corrected chi connectivity index (χ1v) is 4.45. The van der Waals surface area contributed by atoms with Gasteiger partial charge in [-0.2, -0.15) is 4.99 Å². The summed E-state index contributed by atoms with van der Waals surface area (Å²) in [5.74, 6) is -1.97. The Morgan fingerprint density at radius 3 is 2.79 bits per heavy atom. The topological polar surface area (TPSA) is 41.8 Å². The third-order valence-corrected chi connectivity index (χ3v) is 2.28. The van der Waals surface area contributed by atoms with Crippen molar-refractivity contribution >= 4 is 40.1 Å². The van der Waals surface area contributed by atoms with Gasteiger partial charge in [0.1, 0.15) is 11.7 Å². The summed E-state index contributed by atoms with van der Waals surface area (Å²) in [6.45, 7) is 0. The van der Waals surface area contributed by atoms with E-state index in [1.54, 1.807) is 0 Å². The Morgan fingerprint density at radius 1 is 1.36 bits per heavy atom. The summed E-state index contributed by atoms with van der Waals surface area (Å²) in [5, 5.41) is -0.239. The summed E-state index contributed by atoms with van der Waals surface area (Å²) in [7, 11) is 0.